The van der Waals surface area contributed by atoms with Gasteiger partial charge in [-0.15, -0.1) is 0 Å². The van der Waals surface area contributed by atoms with Crippen LogP contribution >= 0.6 is 0 Å². The molecular weight excluding hydrogens is 408 g/mol. The van der Waals surface area contributed by atoms with Crippen molar-refractivity contribution in [3.8, 4) is 5.75 Å². The smallest absolute Gasteiger partial charge is 0.289 e. The van der Waals surface area contributed by atoms with E-state index in [4.69, 9.17) is 23.9 Å². The molecule has 0 atom stereocenters. The quantitative estimate of drug-likeness (QED) is 0.611. The minimum Gasteiger partial charge on any atom is -0.497 e. The van der Waals surface area contributed by atoms with Gasteiger partial charge in [0.15, 0.2) is 5.76 Å². The number of anilines is 1. The highest BCUT2D eigenvalue weighted by Crippen LogP contribution is 2.29. The number of aromatic nitrogens is 2. The fourth-order valence-corrected chi connectivity index (χ4v) is 4.22. The number of ether oxygens (including phenoxy) is 2. The van der Waals surface area contributed by atoms with Crippen molar-refractivity contribution in [2.45, 2.75) is 19.4 Å². The molecule has 5 rings (SSSR count). The number of benzene rings is 1. The first-order chi connectivity index (χ1) is 15.7. The summed E-state index contributed by atoms with van der Waals surface area (Å²) in [6, 6.07) is 11.4. The molecule has 0 saturated carbocycles. The average molecular weight is 434 g/mol. The van der Waals surface area contributed by atoms with Crippen LogP contribution in [0.25, 0.3) is 0 Å². The number of carbonyl (C=O) groups is 1. The van der Waals surface area contributed by atoms with Gasteiger partial charge < -0.3 is 23.7 Å². The second-order valence-corrected chi connectivity index (χ2v) is 7.97. The second kappa shape index (κ2) is 9.00. The number of morpholine rings is 1. The van der Waals surface area contributed by atoms with E-state index in [1.165, 1.54) is 6.26 Å². The van der Waals surface area contributed by atoms with Crippen molar-refractivity contribution in [3.05, 3.63) is 71.1 Å². The third-order valence-electron chi connectivity index (χ3n) is 5.94. The van der Waals surface area contributed by atoms with Gasteiger partial charge in [0, 0.05) is 38.0 Å². The second-order valence-electron chi connectivity index (χ2n) is 7.97. The van der Waals surface area contributed by atoms with Crippen LogP contribution in [0.3, 0.4) is 0 Å². The van der Waals surface area contributed by atoms with Crippen LogP contribution in [0.5, 0.6) is 5.75 Å². The van der Waals surface area contributed by atoms with Crippen molar-refractivity contribution in [3.63, 3.8) is 0 Å². The Kier molecular flexibility index (Phi) is 5.77. The van der Waals surface area contributed by atoms with Crippen molar-refractivity contribution in [1.82, 2.24) is 14.9 Å². The number of nitrogens with zero attached hydrogens (tertiary/aromatic N) is 4. The van der Waals surface area contributed by atoms with E-state index in [1.807, 2.05) is 29.2 Å². The number of methoxy groups -OCH3 is 1. The van der Waals surface area contributed by atoms with Crippen LogP contribution in [-0.4, -0.2) is 60.7 Å². The molecule has 0 bridgehead atoms. The first-order valence-electron chi connectivity index (χ1n) is 10.9. The normalized spacial score (nSPS) is 16.0. The lowest BCUT2D eigenvalue weighted by atomic mass is 10.0. The molecule has 2 aromatic heterocycles. The molecule has 32 heavy (non-hydrogen) atoms. The van der Waals surface area contributed by atoms with Crippen LogP contribution in [0.15, 0.2) is 47.1 Å². The summed E-state index contributed by atoms with van der Waals surface area (Å²) in [5.74, 6) is 2.80. The lowest BCUT2D eigenvalue weighted by Crippen LogP contribution is -2.41. The minimum atomic E-state index is -0.101. The van der Waals surface area contributed by atoms with E-state index in [0.29, 0.717) is 44.9 Å². The third kappa shape index (κ3) is 4.18. The van der Waals surface area contributed by atoms with Gasteiger partial charge in [-0.05, 0) is 29.8 Å². The Labute approximate surface area is 186 Å². The zero-order chi connectivity index (χ0) is 21.9. The van der Waals surface area contributed by atoms with Gasteiger partial charge in [0.2, 0.25) is 0 Å². The summed E-state index contributed by atoms with van der Waals surface area (Å²) >= 11 is 0. The van der Waals surface area contributed by atoms with Crippen molar-refractivity contribution >= 4 is 11.7 Å². The highest BCUT2D eigenvalue weighted by Gasteiger charge is 2.29. The predicted octanol–water partition coefficient (Wildman–Crippen LogP) is 2.70. The summed E-state index contributed by atoms with van der Waals surface area (Å²) in [4.78, 5) is 26.8. The fourth-order valence-electron chi connectivity index (χ4n) is 4.22. The van der Waals surface area contributed by atoms with Crippen LogP contribution in [0.4, 0.5) is 5.82 Å². The number of fused-ring (bicyclic) bond motifs is 1. The monoisotopic (exact) mass is 434 g/mol. The standard InChI is InChI=1S/C24H26N4O4/c1-30-18-6-4-17(5-7-18)15-22-25-20-8-9-28(24(29)21-3-2-12-32-21)16-19(20)23(26-22)27-10-13-31-14-11-27/h2-7,12H,8-11,13-16H2,1H3. The largest absolute Gasteiger partial charge is 0.497 e. The van der Waals surface area contributed by atoms with Crippen LogP contribution in [0.1, 0.15) is 33.2 Å². The van der Waals surface area contributed by atoms with Crippen LogP contribution < -0.4 is 9.64 Å². The molecule has 1 aromatic carbocycles. The summed E-state index contributed by atoms with van der Waals surface area (Å²) in [7, 11) is 1.66. The van der Waals surface area contributed by atoms with Crippen molar-refractivity contribution in [2.75, 3.05) is 44.9 Å². The first-order valence-corrected chi connectivity index (χ1v) is 10.9. The number of amides is 1. The van der Waals surface area contributed by atoms with Crippen molar-refractivity contribution < 1.29 is 18.7 Å². The SMILES string of the molecule is COc1ccc(Cc2nc3c(c(N4CCOCC4)n2)CN(C(=O)c2ccco2)CC3)cc1. The summed E-state index contributed by atoms with van der Waals surface area (Å²) in [6.45, 7) is 3.97. The summed E-state index contributed by atoms with van der Waals surface area (Å²) in [5.41, 5.74) is 3.18. The highest BCUT2D eigenvalue weighted by atomic mass is 16.5. The average Bonchev–Trinajstić information content (AvgIpc) is 3.39. The number of hydrogen-bond acceptors (Lipinski definition) is 7. The van der Waals surface area contributed by atoms with Gasteiger partial charge in [-0.1, -0.05) is 12.1 Å². The zero-order valence-corrected chi connectivity index (χ0v) is 18.1. The Morgan fingerprint density at radius 3 is 2.62 bits per heavy atom. The summed E-state index contributed by atoms with van der Waals surface area (Å²) in [6.07, 6.45) is 2.86. The zero-order valence-electron chi connectivity index (χ0n) is 18.1. The van der Waals surface area contributed by atoms with Gasteiger partial charge in [-0.2, -0.15) is 0 Å². The Bertz CT molecular complexity index is 1080. The molecular formula is C24H26N4O4. The topological polar surface area (TPSA) is 80.9 Å². The van der Waals surface area contributed by atoms with E-state index in [0.717, 1.165) is 47.3 Å². The number of furan rings is 1. The molecule has 3 aromatic rings. The summed E-state index contributed by atoms with van der Waals surface area (Å²) in [5, 5.41) is 0. The van der Waals surface area contributed by atoms with Crippen molar-refractivity contribution in [1.29, 1.82) is 0 Å². The number of hydrogen-bond donors (Lipinski definition) is 0. The van der Waals surface area contributed by atoms with E-state index >= 15 is 0 Å². The van der Waals surface area contributed by atoms with Gasteiger partial charge in [-0.25, -0.2) is 9.97 Å². The molecule has 0 spiro atoms. The maximum Gasteiger partial charge on any atom is 0.289 e. The molecule has 2 aliphatic heterocycles. The molecule has 8 heteroatoms. The molecule has 1 saturated heterocycles. The van der Waals surface area contributed by atoms with E-state index in [9.17, 15) is 4.79 Å². The number of carbonyl (C=O) groups excluding carboxylic acids is 1. The Hall–Kier alpha value is -3.39. The molecule has 0 unspecified atom stereocenters. The van der Waals surface area contributed by atoms with E-state index < -0.39 is 0 Å². The Morgan fingerprint density at radius 1 is 1.09 bits per heavy atom. The molecule has 1 amide bonds. The van der Waals surface area contributed by atoms with Crippen LogP contribution in [-0.2, 0) is 24.1 Å². The number of rotatable bonds is 5. The predicted molar refractivity (Wildman–Crippen MR) is 118 cm³/mol. The van der Waals surface area contributed by atoms with E-state index in [1.54, 1.807) is 19.2 Å². The molecule has 0 aliphatic carbocycles. The molecule has 166 valence electrons. The van der Waals surface area contributed by atoms with Gasteiger partial charge in [0.1, 0.15) is 17.4 Å². The third-order valence-corrected chi connectivity index (χ3v) is 5.94. The lowest BCUT2D eigenvalue weighted by Gasteiger charge is -2.34. The van der Waals surface area contributed by atoms with Crippen molar-refractivity contribution in [2.24, 2.45) is 0 Å². The van der Waals surface area contributed by atoms with Crippen LogP contribution in [0.2, 0.25) is 0 Å². The highest BCUT2D eigenvalue weighted by molar-refractivity contribution is 5.91. The van der Waals surface area contributed by atoms with Crippen LogP contribution in [0, 0.1) is 0 Å². The maximum atomic E-state index is 12.9. The fraction of sp³-hybridized carbons (Fsp3) is 0.375. The molecule has 8 nitrogen and oxygen atoms in total. The molecule has 0 N–H and O–H groups in total. The molecule has 0 radical (unpaired) electrons. The molecule has 1 fully saturated rings. The van der Waals surface area contributed by atoms with Gasteiger partial charge in [0.05, 0.1) is 38.8 Å². The Balaban J connectivity index is 1.45. The first kappa shape index (κ1) is 20.5. The maximum absolute atomic E-state index is 12.9. The lowest BCUT2D eigenvalue weighted by molar-refractivity contribution is 0.0700. The van der Waals surface area contributed by atoms with Gasteiger partial charge >= 0.3 is 0 Å². The summed E-state index contributed by atoms with van der Waals surface area (Å²) < 4.78 is 16.1. The Morgan fingerprint density at radius 2 is 1.91 bits per heavy atom. The van der Waals surface area contributed by atoms with E-state index in [-0.39, 0.29) is 5.91 Å². The molecule has 2 aliphatic rings. The minimum absolute atomic E-state index is 0.101. The molecule has 4 heterocycles. The van der Waals surface area contributed by atoms with Gasteiger partial charge in [0.25, 0.3) is 5.91 Å². The van der Waals surface area contributed by atoms with Gasteiger partial charge in [-0.3, -0.25) is 4.79 Å². The van der Waals surface area contributed by atoms with E-state index in [2.05, 4.69) is 4.90 Å².